The molecule has 4 rings (SSSR count). The van der Waals surface area contributed by atoms with Crippen molar-refractivity contribution >= 4 is 16.7 Å². The Hall–Kier alpha value is -1.58. The molecule has 1 saturated heterocycles. The number of rotatable bonds is 6. The second-order valence-electron chi connectivity index (χ2n) is 7.30. The minimum Gasteiger partial charge on any atom is -0.388 e. The van der Waals surface area contributed by atoms with E-state index in [4.69, 9.17) is 9.47 Å². The van der Waals surface area contributed by atoms with Gasteiger partial charge in [-0.25, -0.2) is 4.98 Å². The minimum absolute atomic E-state index is 0.538. The van der Waals surface area contributed by atoms with Crippen LogP contribution in [0.15, 0.2) is 30.6 Å². The van der Waals surface area contributed by atoms with Crippen molar-refractivity contribution in [2.24, 2.45) is 5.92 Å². The van der Waals surface area contributed by atoms with Crippen LogP contribution in [-0.2, 0) is 15.9 Å². The van der Waals surface area contributed by atoms with Crippen molar-refractivity contribution in [3.63, 3.8) is 0 Å². The monoisotopic (exact) mass is 391 g/mol. The summed E-state index contributed by atoms with van der Waals surface area (Å²) in [6.45, 7) is 0. The number of aliphatic hydroxyl groups excluding tert-OH is 2. The normalized spacial score (nSPS) is 31.4. The van der Waals surface area contributed by atoms with E-state index in [1.807, 2.05) is 12.1 Å². The van der Waals surface area contributed by atoms with Crippen LogP contribution in [0.1, 0.15) is 36.5 Å². The number of ether oxygens (including phenoxy) is 2. The third kappa shape index (κ3) is 4.00. The molecule has 0 spiro atoms. The molecule has 0 bridgehead atoms. The lowest BCUT2D eigenvalue weighted by molar-refractivity contribution is -0.250. The smallest absolute Gasteiger partial charge is 0.202 e. The lowest BCUT2D eigenvalue weighted by Crippen LogP contribution is -2.57. The lowest BCUT2D eigenvalue weighted by Gasteiger charge is -2.42. The Kier molecular flexibility index (Phi) is 5.70. The minimum atomic E-state index is -1.08. The maximum absolute atomic E-state index is 10.7. The number of benzene rings is 1. The largest absolute Gasteiger partial charge is 0.388 e. The molecule has 0 unspecified atom stereocenters. The molecule has 2 fully saturated rings. The van der Waals surface area contributed by atoms with Crippen LogP contribution in [0.25, 0.3) is 0 Å². The summed E-state index contributed by atoms with van der Waals surface area (Å²) in [6.07, 6.45) is 2.95. The Morgan fingerprint density at radius 3 is 2.59 bits per heavy atom. The first-order chi connectivity index (χ1) is 13.2. The van der Waals surface area contributed by atoms with Crippen molar-refractivity contribution in [1.29, 1.82) is 0 Å². The number of nitrogens with one attached hydrogen (secondary N) is 1. The van der Waals surface area contributed by atoms with Crippen LogP contribution in [0.5, 0.6) is 0 Å². The van der Waals surface area contributed by atoms with Crippen molar-refractivity contribution in [1.82, 2.24) is 9.36 Å². The van der Waals surface area contributed by atoms with Gasteiger partial charge in [0.1, 0.15) is 30.7 Å². The highest BCUT2D eigenvalue weighted by Crippen LogP contribution is 2.35. The Bertz CT molecular complexity index is 721. The number of aliphatic hydroxyl groups is 2. The molecule has 0 radical (unpaired) electrons. The van der Waals surface area contributed by atoms with Crippen LogP contribution in [0.4, 0.5) is 5.13 Å². The van der Waals surface area contributed by atoms with Gasteiger partial charge in [0.2, 0.25) is 5.13 Å². The van der Waals surface area contributed by atoms with Gasteiger partial charge in [-0.1, -0.05) is 43.5 Å². The molecule has 3 N–H and O–H groups in total. The number of hydrogen-bond acceptors (Lipinski definition) is 8. The van der Waals surface area contributed by atoms with Gasteiger partial charge in [-0.15, -0.1) is 0 Å². The van der Waals surface area contributed by atoms with Gasteiger partial charge in [0.15, 0.2) is 6.29 Å². The molecular formula is C19H25N3O4S. The van der Waals surface area contributed by atoms with Crippen molar-refractivity contribution in [2.45, 2.75) is 56.3 Å². The number of methoxy groups -OCH3 is 1. The molecule has 146 valence electrons. The summed E-state index contributed by atoms with van der Waals surface area (Å²) in [5.74, 6) is 0.805. The van der Waals surface area contributed by atoms with Crippen LogP contribution < -0.4 is 5.32 Å². The standard InChI is InChI=1S/C19H25N3O4S/c1-25-18-14(22-19-20-10-21-27-19)15(23)16(24)17(26-18)13-7-5-12(6-8-13)9-11-3-2-4-11/h5-8,10-11,14-18,23-24H,2-4,9H2,1H3,(H,20,21,22)/t14-,15-,16-,17-,18-/m1/s1. The van der Waals surface area contributed by atoms with Crippen LogP contribution in [0.2, 0.25) is 0 Å². The van der Waals surface area contributed by atoms with Gasteiger partial charge in [-0.2, -0.15) is 4.37 Å². The maximum Gasteiger partial charge on any atom is 0.202 e. The van der Waals surface area contributed by atoms with Crippen LogP contribution in [-0.4, -0.2) is 51.2 Å². The quantitative estimate of drug-likeness (QED) is 0.694. The predicted molar refractivity (Wildman–Crippen MR) is 101 cm³/mol. The molecule has 7 nitrogen and oxygen atoms in total. The second-order valence-corrected chi connectivity index (χ2v) is 8.08. The second kappa shape index (κ2) is 8.20. The number of hydrogen-bond donors (Lipinski definition) is 3. The average molecular weight is 391 g/mol. The molecule has 1 aliphatic carbocycles. The molecule has 27 heavy (non-hydrogen) atoms. The van der Waals surface area contributed by atoms with E-state index in [0.717, 1.165) is 17.9 Å². The van der Waals surface area contributed by atoms with E-state index < -0.39 is 30.6 Å². The van der Waals surface area contributed by atoms with E-state index in [-0.39, 0.29) is 0 Å². The van der Waals surface area contributed by atoms with Gasteiger partial charge in [0.25, 0.3) is 0 Å². The number of nitrogens with zero attached hydrogens (tertiary/aromatic N) is 2. The Morgan fingerprint density at radius 2 is 2.00 bits per heavy atom. The van der Waals surface area contributed by atoms with E-state index >= 15 is 0 Å². The third-order valence-electron chi connectivity index (χ3n) is 5.54. The van der Waals surface area contributed by atoms with E-state index in [9.17, 15) is 10.2 Å². The van der Waals surface area contributed by atoms with Crippen molar-refractivity contribution in [3.05, 3.63) is 41.7 Å². The molecule has 1 aromatic carbocycles. The van der Waals surface area contributed by atoms with Crippen molar-refractivity contribution in [3.8, 4) is 0 Å². The summed E-state index contributed by atoms with van der Waals surface area (Å²) >= 11 is 1.17. The SMILES string of the molecule is CO[C@@H]1O[C@H](c2ccc(CC3CCC3)cc2)[C@H](O)[C@H](O)[C@H]1Nc1ncns1. The Morgan fingerprint density at radius 1 is 1.22 bits per heavy atom. The van der Waals surface area contributed by atoms with Gasteiger partial charge in [0.05, 0.1) is 0 Å². The molecule has 2 heterocycles. The summed E-state index contributed by atoms with van der Waals surface area (Å²) in [5.41, 5.74) is 2.13. The third-order valence-corrected chi connectivity index (χ3v) is 6.14. The van der Waals surface area contributed by atoms with Crippen LogP contribution >= 0.6 is 11.5 Å². The zero-order valence-corrected chi connectivity index (χ0v) is 16.0. The first-order valence-electron chi connectivity index (χ1n) is 9.32. The molecule has 1 aliphatic heterocycles. The molecule has 1 aromatic heterocycles. The molecule has 1 saturated carbocycles. The Labute approximate surface area is 162 Å². The summed E-state index contributed by atoms with van der Waals surface area (Å²) in [4.78, 5) is 4.05. The predicted octanol–water partition coefficient (Wildman–Crippen LogP) is 2.13. The number of anilines is 1. The fourth-order valence-corrected chi connectivity index (χ4v) is 4.22. The zero-order chi connectivity index (χ0) is 18.8. The number of aromatic nitrogens is 2. The van der Waals surface area contributed by atoms with Crippen LogP contribution in [0.3, 0.4) is 0 Å². The lowest BCUT2D eigenvalue weighted by atomic mass is 9.81. The molecule has 2 aliphatic rings. The zero-order valence-electron chi connectivity index (χ0n) is 15.2. The van der Waals surface area contributed by atoms with Gasteiger partial charge in [-0.3, -0.25) is 0 Å². The summed E-state index contributed by atoms with van der Waals surface area (Å²) < 4.78 is 15.3. The van der Waals surface area contributed by atoms with Crippen molar-refractivity contribution < 1.29 is 19.7 Å². The highest BCUT2D eigenvalue weighted by atomic mass is 32.1. The van der Waals surface area contributed by atoms with Crippen LogP contribution in [0, 0.1) is 5.92 Å². The first-order valence-corrected chi connectivity index (χ1v) is 10.1. The summed E-state index contributed by atoms with van der Waals surface area (Å²) in [7, 11) is 1.52. The van der Waals surface area contributed by atoms with Gasteiger partial charge >= 0.3 is 0 Å². The Balaban J connectivity index is 1.47. The van der Waals surface area contributed by atoms with E-state index in [0.29, 0.717) is 5.13 Å². The van der Waals surface area contributed by atoms with Gasteiger partial charge < -0.3 is 25.0 Å². The molecule has 5 atom stereocenters. The highest BCUT2D eigenvalue weighted by Gasteiger charge is 2.45. The maximum atomic E-state index is 10.7. The summed E-state index contributed by atoms with van der Waals surface area (Å²) in [6, 6.07) is 7.47. The fourth-order valence-electron chi connectivity index (χ4n) is 3.75. The molecule has 2 aromatic rings. The topological polar surface area (TPSA) is 96.7 Å². The van der Waals surface area contributed by atoms with E-state index in [1.54, 1.807) is 0 Å². The summed E-state index contributed by atoms with van der Waals surface area (Å²) in [5, 5.41) is 24.9. The fraction of sp³-hybridized carbons (Fsp3) is 0.579. The molecule has 8 heteroatoms. The van der Waals surface area contributed by atoms with Crippen molar-refractivity contribution in [2.75, 3.05) is 12.4 Å². The van der Waals surface area contributed by atoms with E-state index in [1.165, 1.54) is 49.8 Å². The highest BCUT2D eigenvalue weighted by molar-refractivity contribution is 7.09. The molecular weight excluding hydrogens is 366 g/mol. The van der Waals surface area contributed by atoms with Gasteiger partial charge in [0, 0.05) is 18.6 Å². The van der Waals surface area contributed by atoms with E-state index in [2.05, 4.69) is 26.8 Å². The average Bonchev–Trinajstić information content (AvgIpc) is 3.16. The molecule has 0 amide bonds. The van der Waals surface area contributed by atoms with Gasteiger partial charge in [-0.05, 0) is 23.5 Å². The first kappa shape index (κ1) is 18.8.